The predicted molar refractivity (Wildman–Crippen MR) is 87.0 cm³/mol. The van der Waals surface area contributed by atoms with Gasteiger partial charge in [-0.25, -0.2) is 13.8 Å². The second kappa shape index (κ2) is 6.81. The molecule has 10 heteroatoms. The Kier molecular flexibility index (Phi) is 4.79. The highest BCUT2D eigenvalue weighted by Gasteiger charge is 2.21. The van der Waals surface area contributed by atoms with E-state index >= 15 is 0 Å². The van der Waals surface area contributed by atoms with Crippen LogP contribution in [-0.4, -0.2) is 24.2 Å². The van der Waals surface area contributed by atoms with Crippen LogP contribution < -0.4 is 5.76 Å². The minimum absolute atomic E-state index is 0.0986. The second-order valence-corrected chi connectivity index (χ2v) is 6.49. The number of hydrogen-bond donors (Lipinski definition) is 0. The van der Waals surface area contributed by atoms with Gasteiger partial charge in [0.1, 0.15) is 10.8 Å². The molecule has 2 aromatic heterocycles. The van der Waals surface area contributed by atoms with Gasteiger partial charge in [0.05, 0.1) is 22.4 Å². The molecule has 1 aromatic carbocycles. The van der Waals surface area contributed by atoms with Crippen LogP contribution >= 0.6 is 35.1 Å². The van der Waals surface area contributed by atoms with Crippen LogP contribution in [0.25, 0.3) is 17.2 Å². The summed E-state index contributed by atoms with van der Waals surface area (Å²) in [5.74, 6) is -0.203. The second-order valence-electron chi connectivity index (χ2n) is 4.47. The molecule has 0 unspecified atom stereocenters. The SMILES string of the molecule is CCCSc1nsnc1-c1noc(=O)n1-c1ccc(F)c(Cl)c1. The van der Waals surface area contributed by atoms with Crippen molar-refractivity contribution >= 4 is 35.1 Å². The summed E-state index contributed by atoms with van der Waals surface area (Å²) in [7, 11) is 0. The highest BCUT2D eigenvalue weighted by atomic mass is 35.5. The Balaban J connectivity index is 2.11. The van der Waals surface area contributed by atoms with Crippen LogP contribution in [0.2, 0.25) is 5.02 Å². The van der Waals surface area contributed by atoms with Gasteiger partial charge in [0, 0.05) is 0 Å². The van der Waals surface area contributed by atoms with Gasteiger partial charge in [0.15, 0.2) is 5.69 Å². The van der Waals surface area contributed by atoms with Crippen molar-refractivity contribution in [3.05, 3.63) is 39.6 Å². The number of aromatic nitrogens is 4. The van der Waals surface area contributed by atoms with Crippen LogP contribution in [0, 0.1) is 5.82 Å². The molecule has 0 aliphatic rings. The largest absolute Gasteiger partial charge is 0.446 e. The molecule has 3 rings (SSSR count). The number of nitrogens with zero attached hydrogens (tertiary/aromatic N) is 4. The summed E-state index contributed by atoms with van der Waals surface area (Å²) < 4.78 is 27.7. The van der Waals surface area contributed by atoms with Crippen molar-refractivity contribution in [1.82, 2.24) is 18.5 Å². The number of halogens is 2. The van der Waals surface area contributed by atoms with Crippen LogP contribution in [0.5, 0.6) is 0 Å². The first kappa shape index (κ1) is 16.2. The third-order valence-electron chi connectivity index (χ3n) is 2.88. The van der Waals surface area contributed by atoms with Gasteiger partial charge in [-0.05, 0) is 30.4 Å². The zero-order chi connectivity index (χ0) is 16.4. The average molecular weight is 373 g/mol. The van der Waals surface area contributed by atoms with Gasteiger partial charge in [-0.3, -0.25) is 4.52 Å². The molecule has 23 heavy (non-hydrogen) atoms. The topological polar surface area (TPSA) is 73.8 Å². The van der Waals surface area contributed by atoms with Gasteiger partial charge in [-0.2, -0.15) is 8.75 Å². The van der Waals surface area contributed by atoms with E-state index in [1.807, 2.05) is 0 Å². The lowest BCUT2D eigenvalue weighted by Crippen LogP contribution is -2.13. The molecule has 3 aromatic rings. The highest BCUT2D eigenvalue weighted by Crippen LogP contribution is 2.30. The first-order valence-electron chi connectivity index (χ1n) is 6.61. The molecule has 0 fully saturated rings. The Morgan fingerprint density at radius 3 is 3.00 bits per heavy atom. The van der Waals surface area contributed by atoms with Crippen LogP contribution in [-0.2, 0) is 0 Å². The summed E-state index contributed by atoms with van der Waals surface area (Å²) in [5.41, 5.74) is 0.803. The maximum Gasteiger partial charge on any atom is 0.446 e. The molecule has 0 spiro atoms. The van der Waals surface area contributed by atoms with E-state index in [1.165, 1.54) is 34.5 Å². The Hall–Kier alpha value is -1.71. The molecule has 0 N–H and O–H groups in total. The van der Waals surface area contributed by atoms with Gasteiger partial charge in [-0.1, -0.05) is 23.7 Å². The van der Waals surface area contributed by atoms with E-state index in [2.05, 4.69) is 20.8 Å². The molecule has 2 heterocycles. The molecule has 0 aliphatic heterocycles. The Morgan fingerprint density at radius 1 is 1.43 bits per heavy atom. The lowest BCUT2D eigenvalue weighted by molar-refractivity contribution is 0.383. The Labute approximate surface area is 143 Å². The molecule has 0 amide bonds. The van der Waals surface area contributed by atoms with Crippen molar-refractivity contribution in [1.29, 1.82) is 0 Å². The Bertz CT molecular complexity index is 892. The third kappa shape index (κ3) is 3.17. The molecule has 0 radical (unpaired) electrons. The van der Waals surface area contributed by atoms with Gasteiger partial charge in [-0.15, -0.1) is 11.8 Å². The fraction of sp³-hybridized carbons (Fsp3) is 0.231. The lowest BCUT2D eigenvalue weighted by atomic mass is 10.3. The van der Waals surface area contributed by atoms with Gasteiger partial charge in [0.25, 0.3) is 0 Å². The minimum Gasteiger partial charge on any atom is -0.295 e. The summed E-state index contributed by atoms with van der Waals surface area (Å²) in [5, 5.41) is 4.36. The molecular formula is C13H10ClFN4O2S2. The van der Waals surface area contributed by atoms with Crippen molar-refractivity contribution in [3.8, 4) is 17.2 Å². The van der Waals surface area contributed by atoms with Crippen molar-refractivity contribution in [2.75, 3.05) is 5.75 Å². The van der Waals surface area contributed by atoms with Crippen molar-refractivity contribution in [3.63, 3.8) is 0 Å². The molecule has 0 atom stereocenters. The molecule has 0 bridgehead atoms. The number of thioether (sulfide) groups is 1. The zero-order valence-electron chi connectivity index (χ0n) is 11.8. The van der Waals surface area contributed by atoms with E-state index < -0.39 is 11.6 Å². The minimum atomic E-state index is -0.706. The van der Waals surface area contributed by atoms with E-state index in [1.54, 1.807) is 0 Å². The molecule has 120 valence electrons. The number of benzene rings is 1. The summed E-state index contributed by atoms with van der Waals surface area (Å²) in [6.45, 7) is 2.05. The van der Waals surface area contributed by atoms with E-state index in [4.69, 9.17) is 16.1 Å². The fourth-order valence-electron chi connectivity index (χ4n) is 1.86. The molecule has 0 saturated carbocycles. The number of hydrogen-bond acceptors (Lipinski definition) is 7. The average Bonchev–Trinajstić information content (AvgIpc) is 3.14. The quantitative estimate of drug-likeness (QED) is 0.636. The molecule has 0 saturated heterocycles. The highest BCUT2D eigenvalue weighted by molar-refractivity contribution is 7.99. The van der Waals surface area contributed by atoms with Crippen LogP contribution in [0.1, 0.15) is 13.3 Å². The fourth-order valence-corrected chi connectivity index (χ4v) is 3.53. The normalized spacial score (nSPS) is 11.1. The van der Waals surface area contributed by atoms with Crippen molar-refractivity contribution < 1.29 is 8.91 Å². The monoisotopic (exact) mass is 372 g/mol. The van der Waals surface area contributed by atoms with Gasteiger partial charge < -0.3 is 0 Å². The first-order chi connectivity index (χ1) is 11.1. The standard InChI is InChI=1S/C13H10ClFN4O2S2/c1-2-5-22-12-10(17-23-18-12)11-16-21-13(20)19(11)7-3-4-9(15)8(14)6-7/h3-4,6H,2,5H2,1H3. The zero-order valence-corrected chi connectivity index (χ0v) is 14.2. The van der Waals surface area contributed by atoms with Gasteiger partial charge >= 0.3 is 5.76 Å². The van der Waals surface area contributed by atoms with Crippen molar-refractivity contribution in [2.45, 2.75) is 18.4 Å². The summed E-state index contributed by atoms with van der Waals surface area (Å²) in [4.78, 5) is 12.0. The maximum absolute atomic E-state index is 13.3. The summed E-state index contributed by atoms with van der Waals surface area (Å²) >= 11 is 8.34. The first-order valence-corrected chi connectivity index (χ1v) is 8.71. The number of rotatable bonds is 5. The van der Waals surface area contributed by atoms with Gasteiger partial charge in [0.2, 0.25) is 5.82 Å². The van der Waals surface area contributed by atoms with E-state index in [0.29, 0.717) is 16.4 Å². The molecular weight excluding hydrogens is 363 g/mol. The third-order valence-corrected chi connectivity index (χ3v) is 4.98. The smallest absolute Gasteiger partial charge is 0.295 e. The van der Waals surface area contributed by atoms with Crippen LogP contribution in [0.4, 0.5) is 4.39 Å². The van der Waals surface area contributed by atoms with E-state index in [9.17, 15) is 9.18 Å². The Morgan fingerprint density at radius 2 is 2.26 bits per heavy atom. The predicted octanol–water partition coefficient (Wildman–Crippen LogP) is 3.64. The van der Waals surface area contributed by atoms with Crippen LogP contribution in [0.15, 0.2) is 32.5 Å². The van der Waals surface area contributed by atoms with Crippen LogP contribution in [0.3, 0.4) is 0 Å². The maximum atomic E-state index is 13.3. The van der Waals surface area contributed by atoms with Crippen molar-refractivity contribution in [2.24, 2.45) is 0 Å². The van der Waals surface area contributed by atoms with E-state index in [-0.39, 0.29) is 10.8 Å². The lowest BCUT2D eigenvalue weighted by Gasteiger charge is -2.04. The summed E-state index contributed by atoms with van der Waals surface area (Å²) in [6, 6.07) is 3.92. The summed E-state index contributed by atoms with van der Waals surface area (Å²) in [6.07, 6.45) is 0.973. The molecule has 6 nitrogen and oxygen atoms in total. The van der Waals surface area contributed by atoms with E-state index in [0.717, 1.165) is 23.9 Å². The molecule has 0 aliphatic carbocycles.